The molecule has 2 saturated heterocycles. The van der Waals surface area contributed by atoms with E-state index < -0.39 is 5.97 Å². The highest BCUT2D eigenvalue weighted by Crippen LogP contribution is 2.29. The number of likely N-dealkylation sites (tertiary alicyclic amines) is 1. The molecule has 5 nitrogen and oxygen atoms in total. The van der Waals surface area contributed by atoms with Crippen LogP contribution in [0.4, 0.5) is 11.4 Å². The van der Waals surface area contributed by atoms with Crippen LogP contribution in [0.3, 0.4) is 0 Å². The van der Waals surface area contributed by atoms with Crippen LogP contribution in [-0.4, -0.2) is 47.7 Å². The van der Waals surface area contributed by atoms with E-state index in [2.05, 4.69) is 35.8 Å². The summed E-state index contributed by atoms with van der Waals surface area (Å²) in [4.78, 5) is 15.0. The fourth-order valence-electron chi connectivity index (χ4n) is 3.93. The Labute approximate surface area is 150 Å². The molecule has 2 unspecified atom stereocenters. The highest BCUT2D eigenvalue weighted by Gasteiger charge is 2.32. The molecule has 0 spiro atoms. The van der Waals surface area contributed by atoms with E-state index in [0.29, 0.717) is 0 Å². The second-order valence-electron chi connectivity index (χ2n) is 7.77. The van der Waals surface area contributed by atoms with Crippen LogP contribution in [0.15, 0.2) is 18.2 Å². The topological polar surface area (TPSA) is 69.8 Å². The van der Waals surface area contributed by atoms with Crippen molar-refractivity contribution in [3.8, 4) is 0 Å². The van der Waals surface area contributed by atoms with Crippen LogP contribution in [0.2, 0.25) is 0 Å². The number of hydrogen-bond acceptors (Lipinski definition) is 4. The third-order valence-corrected chi connectivity index (χ3v) is 5.78. The second kappa shape index (κ2) is 7.65. The van der Waals surface area contributed by atoms with Gasteiger partial charge in [-0.1, -0.05) is 0 Å². The second-order valence-corrected chi connectivity index (χ2v) is 7.77. The van der Waals surface area contributed by atoms with Gasteiger partial charge in [-0.2, -0.15) is 0 Å². The molecule has 0 aromatic heterocycles. The third kappa shape index (κ3) is 4.46. The molecule has 5 heteroatoms. The minimum absolute atomic E-state index is 0.0185. The van der Waals surface area contributed by atoms with Gasteiger partial charge in [0.1, 0.15) is 0 Å². The summed E-state index contributed by atoms with van der Waals surface area (Å²) in [6.07, 6.45) is 5.84. The Kier molecular flexibility index (Phi) is 5.52. The fraction of sp³-hybridized carbons (Fsp3) is 0.650. The van der Waals surface area contributed by atoms with Crippen LogP contribution in [0, 0.1) is 12.8 Å². The predicted molar refractivity (Wildman–Crippen MR) is 102 cm³/mol. The Hall–Kier alpha value is -1.75. The van der Waals surface area contributed by atoms with Crippen molar-refractivity contribution >= 4 is 17.3 Å². The Morgan fingerprint density at radius 2 is 1.96 bits per heavy atom. The quantitative estimate of drug-likeness (QED) is 0.824. The van der Waals surface area contributed by atoms with Gasteiger partial charge in [0.05, 0.1) is 5.92 Å². The largest absolute Gasteiger partial charge is 0.481 e. The van der Waals surface area contributed by atoms with Gasteiger partial charge in [0, 0.05) is 36.5 Å². The van der Waals surface area contributed by atoms with Gasteiger partial charge < -0.3 is 15.7 Å². The zero-order valence-corrected chi connectivity index (χ0v) is 15.4. The summed E-state index contributed by atoms with van der Waals surface area (Å²) in [5.41, 5.74) is 9.33. The molecule has 2 heterocycles. The molecule has 25 heavy (non-hydrogen) atoms. The molecule has 1 aromatic rings. The Morgan fingerprint density at radius 3 is 2.48 bits per heavy atom. The van der Waals surface area contributed by atoms with Gasteiger partial charge in [0.25, 0.3) is 0 Å². The summed E-state index contributed by atoms with van der Waals surface area (Å²) in [7, 11) is 0. The van der Waals surface area contributed by atoms with Crippen LogP contribution in [0.25, 0.3) is 0 Å². The number of aryl methyl sites for hydroxylation is 1. The smallest absolute Gasteiger partial charge is 0.306 e. The van der Waals surface area contributed by atoms with E-state index in [4.69, 9.17) is 10.8 Å². The van der Waals surface area contributed by atoms with Crippen LogP contribution in [0.5, 0.6) is 0 Å². The average Bonchev–Trinajstić information content (AvgIpc) is 3.19. The first-order valence-electron chi connectivity index (χ1n) is 9.55. The van der Waals surface area contributed by atoms with E-state index in [-0.39, 0.29) is 5.92 Å². The number of aliphatic carboxylic acids is 1. The predicted octanol–water partition coefficient (Wildman–Crippen LogP) is 3.12. The highest BCUT2D eigenvalue weighted by molar-refractivity contribution is 5.72. The summed E-state index contributed by atoms with van der Waals surface area (Å²) in [6, 6.07) is 7.95. The van der Waals surface area contributed by atoms with E-state index in [9.17, 15) is 4.79 Å². The number of benzene rings is 1. The lowest BCUT2D eigenvalue weighted by Gasteiger charge is -2.28. The lowest BCUT2D eigenvalue weighted by molar-refractivity contribution is -0.138. The molecule has 3 N–H and O–H groups in total. The minimum Gasteiger partial charge on any atom is -0.481 e. The first-order valence-corrected chi connectivity index (χ1v) is 9.55. The molecular weight excluding hydrogens is 314 g/mol. The molecule has 0 bridgehead atoms. The van der Waals surface area contributed by atoms with E-state index in [1.807, 2.05) is 6.07 Å². The highest BCUT2D eigenvalue weighted by atomic mass is 16.4. The van der Waals surface area contributed by atoms with E-state index >= 15 is 0 Å². The monoisotopic (exact) mass is 345 g/mol. The average molecular weight is 345 g/mol. The summed E-state index contributed by atoms with van der Waals surface area (Å²) in [5.74, 6) is -0.611. The maximum absolute atomic E-state index is 9.76. The maximum atomic E-state index is 9.76. The van der Waals surface area contributed by atoms with Crippen molar-refractivity contribution in [2.75, 3.05) is 30.3 Å². The number of carbonyl (C=O) groups is 1. The zero-order chi connectivity index (χ0) is 18.0. The number of nitrogens with two attached hydrogens (primary N) is 1. The van der Waals surface area contributed by atoms with Crippen molar-refractivity contribution < 1.29 is 9.90 Å². The Morgan fingerprint density at radius 1 is 1.20 bits per heavy atom. The maximum Gasteiger partial charge on any atom is 0.306 e. The number of anilines is 2. The first kappa shape index (κ1) is 18.1. The molecule has 4 rings (SSSR count). The first-order chi connectivity index (χ1) is 12.0. The van der Waals surface area contributed by atoms with Gasteiger partial charge in [-0.25, -0.2) is 0 Å². The van der Waals surface area contributed by atoms with Gasteiger partial charge >= 0.3 is 5.97 Å². The van der Waals surface area contributed by atoms with Crippen LogP contribution in [0.1, 0.15) is 44.6 Å². The van der Waals surface area contributed by atoms with Crippen molar-refractivity contribution in [1.29, 1.82) is 0 Å². The Bertz CT molecular complexity index is 615. The summed E-state index contributed by atoms with van der Waals surface area (Å²) in [5, 5.41) is 8.05. The van der Waals surface area contributed by atoms with Crippen molar-refractivity contribution in [1.82, 2.24) is 4.90 Å². The van der Waals surface area contributed by atoms with Crippen molar-refractivity contribution in [3.05, 3.63) is 23.8 Å². The molecule has 1 aromatic carbocycles. The van der Waals surface area contributed by atoms with E-state index in [0.717, 1.165) is 30.6 Å². The normalized spacial score (nSPS) is 26.4. The molecule has 1 aliphatic carbocycles. The van der Waals surface area contributed by atoms with E-state index in [1.165, 1.54) is 50.1 Å². The van der Waals surface area contributed by atoms with Crippen LogP contribution >= 0.6 is 0 Å². The van der Waals surface area contributed by atoms with Crippen molar-refractivity contribution in [2.45, 2.75) is 58.0 Å². The van der Waals surface area contributed by atoms with Gasteiger partial charge in [0.15, 0.2) is 0 Å². The number of rotatable bonds is 3. The van der Waals surface area contributed by atoms with Crippen molar-refractivity contribution in [3.63, 3.8) is 0 Å². The zero-order valence-electron chi connectivity index (χ0n) is 15.4. The van der Waals surface area contributed by atoms with Crippen LogP contribution in [-0.2, 0) is 4.79 Å². The summed E-state index contributed by atoms with van der Waals surface area (Å²) < 4.78 is 0. The molecule has 3 aliphatic rings. The number of nitrogens with zero attached hydrogens (tertiary/aromatic N) is 2. The molecule has 138 valence electrons. The third-order valence-electron chi connectivity index (χ3n) is 5.78. The lowest BCUT2D eigenvalue weighted by Crippen LogP contribution is -2.39. The van der Waals surface area contributed by atoms with Gasteiger partial charge in [-0.05, 0) is 76.3 Å². The molecule has 1 saturated carbocycles. The SMILES string of the molecule is Cc1cc(N2CCC(N3CCCC3C)C2)ccc1N.O=C(O)C1CC1. The molecule has 2 atom stereocenters. The van der Waals surface area contributed by atoms with Crippen molar-refractivity contribution in [2.24, 2.45) is 5.92 Å². The number of carboxylic acid groups (broad SMARTS) is 1. The molecule has 2 aliphatic heterocycles. The standard InChI is InChI=1S/C16H25N3.C4H6O2/c1-12-10-14(5-6-16(12)17)18-9-7-15(11-18)19-8-3-4-13(19)2;5-4(6)3-1-2-3/h5-6,10,13,15H,3-4,7-9,11,17H2,1-2H3;3H,1-2H2,(H,5,6). The van der Waals surface area contributed by atoms with E-state index in [1.54, 1.807) is 0 Å². The van der Waals surface area contributed by atoms with Gasteiger partial charge in [0.2, 0.25) is 0 Å². The summed E-state index contributed by atoms with van der Waals surface area (Å²) in [6.45, 7) is 8.11. The molecule has 3 fully saturated rings. The number of nitrogen functional groups attached to an aromatic ring is 1. The fourth-order valence-corrected chi connectivity index (χ4v) is 3.93. The lowest BCUT2D eigenvalue weighted by atomic mass is 10.1. The minimum atomic E-state index is -0.630. The summed E-state index contributed by atoms with van der Waals surface area (Å²) >= 11 is 0. The van der Waals surface area contributed by atoms with Gasteiger partial charge in [-0.3, -0.25) is 9.69 Å². The molecular formula is C20H31N3O2. The Balaban J connectivity index is 0.000000258. The molecule has 0 radical (unpaired) electrons. The number of carboxylic acids is 1. The van der Waals surface area contributed by atoms with Gasteiger partial charge in [-0.15, -0.1) is 0 Å². The van der Waals surface area contributed by atoms with Crippen LogP contribution < -0.4 is 10.6 Å². The molecule has 0 amide bonds. The number of hydrogen-bond donors (Lipinski definition) is 2.